The molecule has 0 spiro atoms. The van der Waals surface area contributed by atoms with Crippen LogP contribution in [0.25, 0.3) is 17.0 Å². The lowest BCUT2D eigenvalue weighted by atomic mass is 10.1. The van der Waals surface area contributed by atoms with Crippen LogP contribution in [0.5, 0.6) is 0 Å². The smallest absolute Gasteiger partial charge is 0.281 e. The van der Waals surface area contributed by atoms with E-state index >= 15 is 0 Å². The first-order valence-corrected chi connectivity index (χ1v) is 10.8. The van der Waals surface area contributed by atoms with Crippen molar-refractivity contribution in [2.24, 2.45) is 10.2 Å². The molecule has 4 aromatic rings. The van der Waals surface area contributed by atoms with Crippen LogP contribution in [0.1, 0.15) is 11.1 Å². The Balaban J connectivity index is 1.64. The summed E-state index contributed by atoms with van der Waals surface area (Å²) >= 11 is 1.29. The van der Waals surface area contributed by atoms with Crippen LogP contribution in [-0.4, -0.2) is 16.0 Å². The number of hydrogen-bond acceptors (Lipinski definition) is 6. The van der Waals surface area contributed by atoms with Crippen molar-refractivity contribution in [2.75, 3.05) is 5.32 Å². The fraction of sp³-hybridized carbons (Fsp3) is 0.0400. The van der Waals surface area contributed by atoms with Gasteiger partial charge in [-0.1, -0.05) is 72.8 Å². The molecular weight excluding hydrogens is 420 g/mol. The molecule has 0 saturated carbocycles. The maximum atomic E-state index is 13.0. The molecule has 0 unspecified atom stereocenters. The van der Waals surface area contributed by atoms with Crippen molar-refractivity contribution in [3.63, 3.8) is 0 Å². The van der Waals surface area contributed by atoms with E-state index in [2.05, 4.69) is 20.5 Å². The summed E-state index contributed by atoms with van der Waals surface area (Å²) in [7, 11) is 0. The zero-order valence-corrected chi connectivity index (χ0v) is 18.1. The first-order valence-electron chi connectivity index (χ1n) is 9.89. The Morgan fingerprint density at radius 2 is 1.69 bits per heavy atom. The average molecular weight is 441 g/mol. The Kier molecular flexibility index (Phi) is 6.48. The minimum atomic E-state index is -0.600. The lowest BCUT2D eigenvalue weighted by Crippen LogP contribution is -2.14. The maximum absolute atomic E-state index is 13.0. The molecular formula is C25H20N4O2S. The van der Waals surface area contributed by atoms with E-state index in [1.54, 1.807) is 30.3 Å². The minimum Gasteiger partial charge on any atom is -0.505 e. The Hall–Kier alpha value is -4.10. The van der Waals surface area contributed by atoms with Gasteiger partial charge in [0.1, 0.15) is 0 Å². The first-order chi connectivity index (χ1) is 15.6. The van der Waals surface area contributed by atoms with Crippen molar-refractivity contribution >= 4 is 33.8 Å². The van der Waals surface area contributed by atoms with Crippen molar-refractivity contribution in [1.29, 1.82) is 0 Å². The second kappa shape index (κ2) is 9.80. The van der Waals surface area contributed by atoms with Gasteiger partial charge in [0, 0.05) is 16.5 Å². The number of aromatic nitrogens is 1. The van der Waals surface area contributed by atoms with Crippen LogP contribution in [0.2, 0.25) is 0 Å². The first kappa shape index (κ1) is 21.1. The van der Waals surface area contributed by atoms with Crippen LogP contribution in [-0.2, 0) is 4.79 Å². The van der Waals surface area contributed by atoms with Gasteiger partial charge in [0.05, 0.1) is 11.4 Å². The molecule has 0 saturated heterocycles. The minimum absolute atomic E-state index is 0.200. The molecule has 7 heteroatoms. The lowest BCUT2D eigenvalue weighted by molar-refractivity contribution is -0.112. The highest BCUT2D eigenvalue weighted by Crippen LogP contribution is 2.26. The summed E-state index contributed by atoms with van der Waals surface area (Å²) in [5.74, 6) is -0.865. The van der Waals surface area contributed by atoms with Crippen LogP contribution in [0.3, 0.4) is 0 Å². The van der Waals surface area contributed by atoms with Crippen LogP contribution >= 0.6 is 11.3 Å². The molecule has 1 heterocycles. The number of amides is 1. The van der Waals surface area contributed by atoms with Crippen LogP contribution in [0.4, 0.5) is 10.8 Å². The molecule has 32 heavy (non-hydrogen) atoms. The van der Waals surface area contributed by atoms with Crippen LogP contribution in [0.15, 0.2) is 106 Å². The third-order valence-electron chi connectivity index (χ3n) is 4.55. The van der Waals surface area contributed by atoms with Crippen molar-refractivity contribution in [1.82, 2.24) is 4.98 Å². The highest BCUT2D eigenvalue weighted by Gasteiger charge is 2.19. The van der Waals surface area contributed by atoms with Gasteiger partial charge in [-0.15, -0.1) is 16.5 Å². The second-order valence-corrected chi connectivity index (χ2v) is 7.82. The fourth-order valence-corrected chi connectivity index (χ4v) is 3.67. The molecule has 1 amide bonds. The Morgan fingerprint density at radius 1 is 0.969 bits per heavy atom. The van der Waals surface area contributed by atoms with Crippen molar-refractivity contribution in [2.45, 2.75) is 6.92 Å². The van der Waals surface area contributed by atoms with E-state index < -0.39 is 5.91 Å². The molecule has 1 aromatic heterocycles. The average Bonchev–Trinajstić information content (AvgIpc) is 3.29. The van der Waals surface area contributed by atoms with Gasteiger partial charge in [0.25, 0.3) is 5.91 Å². The number of aliphatic hydroxyl groups is 1. The summed E-state index contributed by atoms with van der Waals surface area (Å²) in [6, 6.07) is 25.8. The third-order valence-corrected chi connectivity index (χ3v) is 5.31. The predicted molar refractivity (Wildman–Crippen MR) is 128 cm³/mol. The fourth-order valence-electron chi connectivity index (χ4n) is 2.96. The summed E-state index contributed by atoms with van der Waals surface area (Å²) in [6.45, 7) is 1.94. The molecule has 4 rings (SSSR count). The van der Waals surface area contributed by atoms with Gasteiger partial charge in [-0.2, -0.15) is 5.11 Å². The molecule has 2 N–H and O–H groups in total. The molecule has 0 atom stereocenters. The van der Waals surface area contributed by atoms with Crippen molar-refractivity contribution < 1.29 is 9.90 Å². The quantitative estimate of drug-likeness (QED) is 0.197. The zero-order chi connectivity index (χ0) is 22.3. The maximum Gasteiger partial charge on any atom is 0.281 e. The van der Waals surface area contributed by atoms with Gasteiger partial charge in [0.15, 0.2) is 16.6 Å². The van der Waals surface area contributed by atoms with E-state index in [0.29, 0.717) is 16.4 Å². The zero-order valence-electron chi connectivity index (χ0n) is 17.3. The Bertz CT molecular complexity index is 1280. The number of rotatable bonds is 6. The van der Waals surface area contributed by atoms with E-state index in [0.717, 1.165) is 16.8 Å². The number of aryl methyl sites for hydroxylation is 1. The van der Waals surface area contributed by atoms with E-state index in [1.807, 2.05) is 66.9 Å². The monoisotopic (exact) mass is 440 g/mol. The van der Waals surface area contributed by atoms with E-state index in [1.165, 1.54) is 11.3 Å². The molecule has 0 aliphatic carbocycles. The molecule has 0 aliphatic rings. The number of thiazole rings is 1. The summed E-state index contributed by atoms with van der Waals surface area (Å²) in [5.41, 5.74) is 3.56. The lowest BCUT2D eigenvalue weighted by Gasteiger charge is -2.06. The van der Waals surface area contributed by atoms with Gasteiger partial charge in [-0.05, 0) is 24.6 Å². The predicted octanol–water partition coefficient (Wildman–Crippen LogP) is 6.77. The number of benzene rings is 3. The number of nitrogens with zero attached hydrogens (tertiary/aromatic N) is 3. The summed E-state index contributed by atoms with van der Waals surface area (Å²) in [5, 5.41) is 24.0. The number of hydrogen-bond donors (Lipinski definition) is 2. The van der Waals surface area contributed by atoms with Gasteiger partial charge in [0.2, 0.25) is 0 Å². The molecule has 158 valence electrons. The molecule has 6 nitrogen and oxygen atoms in total. The number of anilines is 1. The highest BCUT2D eigenvalue weighted by molar-refractivity contribution is 7.14. The van der Waals surface area contributed by atoms with Gasteiger partial charge in [-0.3, -0.25) is 10.1 Å². The molecule has 0 aliphatic heterocycles. The molecule has 0 bridgehead atoms. The van der Waals surface area contributed by atoms with Gasteiger partial charge < -0.3 is 5.11 Å². The third kappa shape index (κ3) is 5.14. The Morgan fingerprint density at radius 3 is 2.41 bits per heavy atom. The second-order valence-electron chi connectivity index (χ2n) is 6.96. The summed E-state index contributed by atoms with van der Waals surface area (Å²) < 4.78 is 0. The largest absolute Gasteiger partial charge is 0.505 e. The van der Waals surface area contributed by atoms with E-state index in [9.17, 15) is 9.90 Å². The summed E-state index contributed by atoms with van der Waals surface area (Å²) in [6.07, 6.45) is 0. The van der Waals surface area contributed by atoms with Crippen LogP contribution in [0, 0.1) is 6.92 Å². The van der Waals surface area contributed by atoms with Gasteiger partial charge in [-0.25, -0.2) is 4.98 Å². The van der Waals surface area contributed by atoms with Crippen LogP contribution < -0.4 is 5.32 Å². The van der Waals surface area contributed by atoms with Crippen molar-refractivity contribution in [3.05, 3.63) is 107 Å². The Labute approximate surface area is 189 Å². The topological polar surface area (TPSA) is 86.9 Å². The standard InChI is InChI=1S/C25H20N4O2S/c1-17-9-8-14-20(15-17)28-29-22(23(30)19-12-6-3-7-13-19)24(31)27-25-26-21(16-32-25)18-10-4-2-5-11-18/h2-16,30H,1H3,(H,26,27,31)/b23-22+,29-28?. The number of carbonyl (C=O) groups excluding carboxylic acids is 1. The SMILES string of the molecule is Cc1cccc(N=N/C(C(=O)Nc2nc(-c3ccccc3)cs2)=C(/O)c2ccccc2)c1. The molecule has 0 radical (unpaired) electrons. The molecule has 3 aromatic carbocycles. The van der Waals surface area contributed by atoms with E-state index in [4.69, 9.17) is 0 Å². The van der Waals surface area contributed by atoms with Gasteiger partial charge >= 0.3 is 0 Å². The van der Waals surface area contributed by atoms with E-state index in [-0.39, 0.29) is 11.5 Å². The number of nitrogens with one attached hydrogen (secondary N) is 1. The summed E-state index contributed by atoms with van der Waals surface area (Å²) in [4.78, 5) is 17.5. The highest BCUT2D eigenvalue weighted by atomic mass is 32.1. The number of azo groups is 1. The molecule has 0 fully saturated rings. The number of aliphatic hydroxyl groups excluding tert-OH is 1. The number of carbonyl (C=O) groups is 1. The van der Waals surface area contributed by atoms with Crippen molar-refractivity contribution in [3.8, 4) is 11.3 Å². The normalized spacial score (nSPS) is 11.9.